The van der Waals surface area contributed by atoms with Gasteiger partial charge in [-0.2, -0.15) is 0 Å². The molecule has 1 N–H and O–H groups in total. The first-order valence-corrected chi connectivity index (χ1v) is 8.70. The zero-order valence-electron chi connectivity index (χ0n) is 13.8. The van der Waals surface area contributed by atoms with Crippen LogP contribution in [0.15, 0.2) is 18.2 Å². The van der Waals surface area contributed by atoms with Crippen molar-refractivity contribution in [2.24, 2.45) is 0 Å². The van der Waals surface area contributed by atoms with E-state index in [2.05, 4.69) is 17.1 Å². The van der Waals surface area contributed by atoms with Gasteiger partial charge in [-0.05, 0) is 37.9 Å². The summed E-state index contributed by atoms with van der Waals surface area (Å²) in [4.78, 5) is 14.7. The number of likely N-dealkylation sites (tertiary alicyclic amines) is 1. The third-order valence-electron chi connectivity index (χ3n) is 4.67. The normalized spacial score (nSPS) is 21.0. The summed E-state index contributed by atoms with van der Waals surface area (Å²) in [5, 5.41) is 2.96. The number of piperidine rings is 1. The molecule has 1 unspecified atom stereocenters. The number of anilines is 1. The number of carbonyl (C=O) groups excluding carboxylic acids is 1. The van der Waals surface area contributed by atoms with E-state index in [0.29, 0.717) is 31.4 Å². The van der Waals surface area contributed by atoms with Crippen LogP contribution in [0.1, 0.15) is 39.0 Å². The fourth-order valence-electron chi connectivity index (χ4n) is 3.41. The van der Waals surface area contributed by atoms with Crippen LogP contribution < -0.4 is 14.8 Å². The molecule has 0 bridgehead atoms. The summed E-state index contributed by atoms with van der Waals surface area (Å²) < 4.78 is 11.0. The Hall–Kier alpha value is -1.75. The summed E-state index contributed by atoms with van der Waals surface area (Å²) in [5.74, 6) is 1.51. The molecule has 1 aromatic rings. The average molecular weight is 318 g/mol. The number of hydrogen-bond donors (Lipinski definition) is 1. The number of hydrogen-bond acceptors (Lipinski definition) is 4. The second kappa shape index (κ2) is 7.68. The first kappa shape index (κ1) is 16.1. The van der Waals surface area contributed by atoms with Crippen LogP contribution in [-0.2, 0) is 4.79 Å². The Morgan fingerprint density at radius 2 is 2.09 bits per heavy atom. The predicted molar refractivity (Wildman–Crippen MR) is 90.2 cm³/mol. The van der Waals surface area contributed by atoms with Gasteiger partial charge in [-0.15, -0.1) is 0 Å². The molecule has 0 saturated carbocycles. The maximum Gasteiger partial charge on any atom is 0.225 e. The average Bonchev–Trinajstić information content (AvgIpc) is 2.60. The number of carbonyl (C=O) groups is 1. The van der Waals surface area contributed by atoms with Crippen molar-refractivity contribution >= 4 is 11.6 Å². The highest BCUT2D eigenvalue weighted by Crippen LogP contribution is 2.32. The molecular formula is C18H26N2O3. The summed E-state index contributed by atoms with van der Waals surface area (Å²) >= 11 is 0. The molecule has 5 nitrogen and oxygen atoms in total. The van der Waals surface area contributed by atoms with Gasteiger partial charge in [-0.1, -0.05) is 13.3 Å². The van der Waals surface area contributed by atoms with Gasteiger partial charge in [0.1, 0.15) is 13.2 Å². The highest BCUT2D eigenvalue weighted by molar-refractivity contribution is 5.91. The number of nitrogens with one attached hydrogen (secondary N) is 1. The van der Waals surface area contributed by atoms with Gasteiger partial charge in [0.25, 0.3) is 0 Å². The lowest BCUT2D eigenvalue weighted by atomic mass is 10.00. The molecule has 0 radical (unpaired) electrons. The van der Waals surface area contributed by atoms with E-state index in [1.807, 2.05) is 18.2 Å². The molecule has 5 heteroatoms. The Balaban J connectivity index is 1.51. The summed E-state index contributed by atoms with van der Waals surface area (Å²) in [7, 11) is 0. The number of nitrogens with zero attached hydrogens (tertiary/aromatic N) is 1. The monoisotopic (exact) mass is 318 g/mol. The van der Waals surface area contributed by atoms with Crippen molar-refractivity contribution in [2.45, 2.75) is 45.1 Å². The summed E-state index contributed by atoms with van der Waals surface area (Å²) in [5.41, 5.74) is 0.768. The Kier molecular flexibility index (Phi) is 5.39. The van der Waals surface area contributed by atoms with E-state index >= 15 is 0 Å². The second-order valence-corrected chi connectivity index (χ2v) is 6.25. The van der Waals surface area contributed by atoms with Crippen molar-refractivity contribution in [3.05, 3.63) is 18.2 Å². The molecule has 0 spiro atoms. The fourth-order valence-corrected chi connectivity index (χ4v) is 3.41. The van der Waals surface area contributed by atoms with Gasteiger partial charge in [0.2, 0.25) is 5.91 Å². The Labute approximate surface area is 137 Å². The second-order valence-electron chi connectivity index (χ2n) is 6.25. The molecule has 3 rings (SSSR count). The van der Waals surface area contributed by atoms with Crippen molar-refractivity contribution in [1.82, 2.24) is 4.90 Å². The first-order chi connectivity index (χ1) is 11.3. The first-order valence-electron chi connectivity index (χ1n) is 8.70. The minimum absolute atomic E-state index is 0.0575. The fraction of sp³-hybridized carbons (Fsp3) is 0.611. The third kappa shape index (κ3) is 4.16. The molecule has 1 saturated heterocycles. The van der Waals surface area contributed by atoms with Gasteiger partial charge in [0, 0.05) is 30.8 Å². The van der Waals surface area contributed by atoms with Crippen LogP contribution in [0.25, 0.3) is 0 Å². The Bertz CT molecular complexity index is 547. The van der Waals surface area contributed by atoms with Crippen molar-refractivity contribution in [3.63, 3.8) is 0 Å². The van der Waals surface area contributed by atoms with E-state index in [1.54, 1.807) is 0 Å². The van der Waals surface area contributed by atoms with Crippen molar-refractivity contribution in [1.29, 1.82) is 0 Å². The van der Waals surface area contributed by atoms with Crippen LogP contribution in [0.5, 0.6) is 11.5 Å². The Morgan fingerprint density at radius 1 is 1.26 bits per heavy atom. The summed E-state index contributed by atoms with van der Waals surface area (Å²) in [6.07, 6.45) is 5.54. The SMILES string of the molecule is CCC1CCCCN1CCC(=O)Nc1ccc2c(c1)OCCO2. The number of fused-ring (bicyclic) bond motifs is 1. The molecule has 2 aliphatic rings. The van der Waals surface area contributed by atoms with E-state index in [-0.39, 0.29) is 5.91 Å². The molecule has 0 aliphatic carbocycles. The van der Waals surface area contributed by atoms with Gasteiger partial charge in [-0.25, -0.2) is 0 Å². The quantitative estimate of drug-likeness (QED) is 0.906. The van der Waals surface area contributed by atoms with E-state index in [4.69, 9.17) is 9.47 Å². The zero-order chi connectivity index (χ0) is 16.1. The minimum Gasteiger partial charge on any atom is -0.486 e. The van der Waals surface area contributed by atoms with E-state index in [0.717, 1.165) is 24.5 Å². The van der Waals surface area contributed by atoms with Crippen LogP contribution in [0.3, 0.4) is 0 Å². The highest BCUT2D eigenvalue weighted by atomic mass is 16.6. The topological polar surface area (TPSA) is 50.8 Å². The summed E-state index contributed by atoms with van der Waals surface area (Å²) in [6.45, 7) is 5.33. The molecule has 2 aliphatic heterocycles. The largest absolute Gasteiger partial charge is 0.486 e. The Morgan fingerprint density at radius 3 is 2.91 bits per heavy atom. The van der Waals surface area contributed by atoms with Gasteiger partial charge in [0.15, 0.2) is 11.5 Å². The molecule has 1 atom stereocenters. The van der Waals surface area contributed by atoms with Crippen molar-refractivity contribution < 1.29 is 14.3 Å². The lowest BCUT2D eigenvalue weighted by Gasteiger charge is -2.35. The maximum atomic E-state index is 12.2. The van der Waals surface area contributed by atoms with Gasteiger partial charge in [0.05, 0.1) is 0 Å². The number of benzene rings is 1. The van der Waals surface area contributed by atoms with Crippen molar-refractivity contribution in [3.8, 4) is 11.5 Å². The van der Waals surface area contributed by atoms with Gasteiger partial charge >= 0.3 is 0 Å². The molecule has 1 aromatic carbocycles. The number of ether oxygens (including phenoxy) is 2. The van der Waals surface area contributed by atoms with E-state index in [1.165, 1.54) is 25.7 Å². The van der Waals surface area contributed by atoms with Crippen LogP contribution in [0.2, 0.25) is 0 Å². The van der Waals surface area contributed by atoms with Gasteiger partial charge in [-0.3, -0.25) is 9.69 Å². The molecular weight excluding hydrogens is 292 g/mol. The maximum absolute atomic E-state index is 12.2. The smallest absolute Gasteiger partial charge is 0.225 e. The molecule has 23 heavy (non-hydrogen) atoms. The third-order valence-corrected chi connectivity index (χ3v) is 4.67. The van der Waals surface area contributed by atoms with Crippen LogP contribution in [-0.4, -0.2) is 43.2 Å². The molecule has 126 valence electrons. The standard InChI is InChI=1S/C18H26N2O3/c1-2-15-5-3-4-9-20(15)10-8-18(21)19-14-6-7-16-17(13-14)23-12-11-22-16/h6-7,13,15H,2-5,8-12H2,1H3,(H,19,21). The minimum atomic E-state index is 0.0575. The van der Waals surface area contributed by atoms with E-state index in [9.17, 15) is 4.79 Å². The van der Waals surface area contributed by atoms with Crippen LogP contribution >= 0.6 is 0 Å². The zero-order valence-corrected chi connectivity index (χ0v) is 13.8. The summed E-state index contributed by atoms with van der Waals surface area (Å²) in [6, 6.07) is 6.19. The van der Waals surface area contributed by atoms with Crippen LogP contribution in [0.4, 0.5) is 5.69 Å². The van der Waals surface area contributed by atoms with Crippen molar-refractivity contribution in [2.75, 3.05) is 31.6 Å². The van der Waals surface area contributed by atoms with E-state index < -0.39 is 0 Å². The molecule has 1 amide bonds. The predicted octanol–water partition coefficient (Wildman–Crippen LogP) is 3.05. The van der Waals surface area contributed by atoms with Crippen LogP contribution in [0, 0.1) is 0 Å². The molecule has 1 fully saturated rings. The lowest BCUT2D eigenvalue weighted by Crippen LogP contribution is -2.40. The van der Waals surface area contributed by atoms with Gasteiger partial charge < -0.3 is 14.8 Å². The molecule has 2 heterocycles. The number of rotatable bonds is 5. The highest BCUT2D eigenvalue weighted by Gasteiger charge is 2.21. The number of amides is 1. The molecule has 0 aromatic heterocycles. The lowest BCUT2D eigenvalue weighted by molar-refractivity contribution is -0.116.